The maximum Gasteiger partial charge on any atom is 0.255 e. The number of amides is 1. The van der Waals surface area contributed by atoms with Crippen LogP contribution in [0.3, 0.4) is 0 Å². The number of nitrogens with zero attached hydrogens (tertiary/aromatic N) is 4. The van der Waals surface area contributed by atoms with Crippen LogP contribution < -0.4 is 0 Å². The van der Waals surface area contributed by atoms with Crippen molar-refractivity contribution in [3.05, 3.63) is 53.6 Å². The number of rotatable bonds is 5. The first-order chi connectivity index (χ1) is 12.7. The van der Waals surface area contributed by atoms with E-state index in [0.29, 0.717) is 24.7 Å². The summed E-state index contributed by atoms with van der Waals surface area (Å²) >= 11 is 0. The number of pyridine rings is 1. The van der Waals surface area contributed by atoms with Gasteiger partial charge in [-0.2, -0.15) is 10.2 Å². The molecule has 0 radical (unpaired) electrons. The van der Waals surface area contributed by atoms with Gasteiger partial charge in [-0.25, -0.2) is 0 Å². The Kier molecular flexibility index (Phi) is 4.68. The van der Waals surface area contributed by atoms with Crippen LogP contribution in [0.15, 0.2) is 36.7 Å². The third-order valence-electron chi connectivity index (χ3n) is 5.74. The SMILES string of the molecule is Cc1cccc(COC[C@]23CCC[C@H]2CN(C(=O)c2ccnnc2)C3)n1. The number of carbonyl (C=O) groups is 1. The summed E-state index contributed by atoms with van der Waals surface area (Å²) in [6.07, 6.45) is 6.62. The summed E-state index contributed by atoms with van der Waals surface area (Å²) in [5.41, 5.74) is 2.66. The number of hydrogen-bond acceptors (Lipinski definition) is 5. The molecule has 26 heavy (non-hydrogen) atoms. The molecular formula is C20H24N4O2. The second-order valence-corrected chi connectivity index (χ2v) is 7.53. The lowest BCUT2D eigenvalue weighted by Gasteiger charge is -2.28. The summed E-state index contributed by atoms with van der Waals surface area (Å²) in [4.78, 5) is 19.2. The van der Waals surface area contributed by atoms with Gasteiger partial charge in [-0.3, -0.25) is 9.78 Å². The second kappa shape index (κ2) is 7.11. The number of carbonyl (C=O) groups excluding carboxylic acids is 1. The normalized spacial score (nSPS) is 24.7. The molecule has 0 N–H and O–H groups in total. The van der Waals surface area contributed by atoms with Crippen molar-refractivity contribution in [3.63, 3.8) is 0 Å². The summed E-state index contributed by atoms with van der Waals surface area (Å²) in [7, 11) is 0. The average molecular weight is 352 g/mol. The van der Waals surface area contributed by atoms with Crippen molar-refractivity contribution in [2.45, 2.75) is 32.8 Å². The van der Waals surface area contributed by atoms with Crippen LogP contribution in [0.4, 0.5) is 0 Å². The highest BCUT2D eigenvalue weighted by atomic mass is 16.5. The van der Waals surface area contributed by atoms with E-state index in [1.807, 2.05) is 30.0 Å². The van der Waals surface area contributed by atoms with Crippen molar-refractivity contribution >= 4 is 5.91 Å². The van der Waals surface area contributed by atoms with Crippen LogP contribution in [-0.4, -0.2) is 45.7 Å². The van der Waals surface area contributed by atoms with Crippen molar-refractivity contribution < 1.29 is 9.53 Å². The third kappa shape index (κ3) is 3.33. The highest BCUT2D eigenvalue weighted by Gasteiger charge is 2.50. The van der Waals surface area contributed by atoms with E-state index in [2.05, 4.69) is 15.2 Å². The molecule has 0 unspecified atom stereocenters. The van der Waals surface area contributed by atoms with E-state index >= 15 is 0 Å². The first kappa shape index (κ1) is 17.1. The van der Waals surface area contributed by atoms with E-state index in [9.17, 15) is 4.79 Å². The van der Waals surface area contributed by atoms with Crippen LogP contribution in [0.1, 0.15) is 41.0 Å². The van der Waals surface area contributed by atoms with Crippen LogP contribution in [-0.2, 0) is 11.3 Å². The minimum absolute atomic E-state index is 0.0500. The number of aryl methyl sites for hydroxylation is 1. The molecule has 2 aromatic heterocycles. The second-order valence-electron chi connectivity index (χ2n) is 7.53. The number of hydrogen-bond donors (Lipinski definition) is 0. The predicted molar refractivity (Wildman–Crippen MR) is 96.3 cm³/mol. The summed E-state index contributed by atoms with van der Waals surface area (Å²) < 4.78 is 6.07. The van der Waals surface area contributed by atoms with Gasteiger partial charge in [0.1, 0.15) is 0 Å². The minimum Gasteiger partial charge on any atom is -0.375 e. The molecule has 2 aromatic rings. The lowest BCUT2D eigenvalue weighted by atomic mass is 9.81. The smallest absolute Gasteiger partial charge is 0.255 e. The van der Waals surface area contributed by atoms with Crippen molar-refractivity contribution in [2.24, 2.45) is 11.3 Å². The van der Waals surface area contributed by atoms with Gasteiger partial charge >= 0.3 is 0 Å². The number of likely N-dealkylation sites (tertiary alicyclic amines) is 1. The first-order valence-electron chi connectivity index (χ1n) is 9.23. The van der Waals surface area contributed by atoms with Gasteiger partial charge in [-0.15, -0.1) is 0 Å². The molecule has 3 heterocycles. The Morgan fingerprint density at radius 3 is 3.08 bits per heavy atom. The van der Waals surface area contributed by atoms with Crippen LogP contribution in [0.5, 0.6) is 0 Å². The van der Waals surface area contributed by atoms with Crippen molar-refractivity contribution in [1.29, 1.82) is 0 Å². The quantitative estimate of drug-likeness (QED) is 0.827. The highest BCUT2D eigenvalue weighted by Crippen LogP contribution is 2.49. The number of fused-ring (bicyclic) bond motifs is 1. The van der Waals surface area contributed by atoms with Crippen LogP contribution in [0, 0.1) is 18.3 Å². The summed E-state index contributed by atoms with van der Waals surface area (Å²) in [6, 6.07) is 7.73. The Morgan fingerprint density at radius 2 is 2.27 bits per heavy atom. The molecule has 1 aliphatic heterocycles. The molecule has 1 amide bonds. The maximum absolute atomic E-state index is 12.8. The molecule has 4 rings (SSSR count). The molecule has 136 valence electrons. The zero-order chi connectivity index (χ0) is 18.0. The molecule has 6 heteroatoms. The van der Waals surface area contributed by atoms with Gasteiger partial charge in [0.25, 0.3) is 5.91 Å². The largest absolute Gasteiger partial charge is 0.375 e. The van der Waals surface area contributed by atoms with Gasteiger partial charge in [-0.1, -0.05) is 12.5 Å². The Hall–Kier alpha value is -2.34. The highest BCUT2D eigenvalue weighted by molar-refractivity contribution is 5.94. The number of ether oxygens (including phenoxy) is 1. The Morgan fingerprint density at radius 1 is 1.35 bits per heavy atom. The van der Waals surface area contributed by atoms with Crippen molar-refractivity contribution in [3.8, 4) is 0 Å². The van der Waals surface area contributed by atoms with Crippen LogP contribution >= 0.6 is 0 Å². The molecule has 2 aliphatic rings. The van der Waals surface area contributed by atoms with Crippen molar-refractivity contribution in [1.82, 2.24) is 20.1 Å². The molecule has 2 fully saturated rings. The molecule has 6 nitrogen and oxygen atoms in total. The molecule has 0 aromatic carbocycles. The van der Waals surface area contributed by atoms with Gasteiger partial charge in [-0.05, 0) is 43.9 Å². The zero-order valence-electron chi connectivity index (χ0n) is 15.1. The monoisotopic (exact) mass is 352 g/mol. The lowest BCUT2D eigenvalue weighted by Crippen LogP contribution is -2.34. The summed E-state index contributed by atoms with van der Waals surface area (Å²) in [5, 5.41) is 7.58. The van der Waals surface area contributed by atoms with E-state index in [4.69, 9.17) is 4.74 Å². The minimum atomic E-state index is 0.0500. The summed E-state index contributed by atoms with van der Waals surface area (Å²) in [6.45, 7) is 4.78. The Labute approximate surface area is 153 Å². The van der Waals surface area contributed by atoms with Crippen LogP contribution in [0.2, 0.25) is 0 Å². The fraction of sp³-hybridized carbons (Fsp3) is 0.500. The molecule has 2 atom stereocenters. The lowest BCUT2D eigenvalue weighted by molar-refractivity contribution is 0.0252. The summed E-state index contributed by atoms with van der Waals surface area (Å²) in [5.74, 6) is 0.570. The average Bonchev–Trinajstić information content (AvgIpc) is 3.19. The Balaban J connectivity index is 1.41. The van der Waals surface area contributed by atoms with Gasteiger partial charge in [0.2, 0.25) is 0 Å². The molecular weight excluding hydrogens is 328 g/mol. The molecule has 1 aliphatic carbocycles. The fourth-order valence-corrected chi connectivity index (χ4v) is 4.44. The molecule has 1 saturated heterocycles. The maximum atomic E-state index is 12.8. The van der Waals surface area contributed by atoms with Gasteiger partial charge < -0.3 is 9.64 Å². The van der Waals surface area contributed by atoms with Gasteiger partial charge in [0.05, 0.1) is 36.9 Å². The standard InChI is InChI=1S/C20H24N4O2/c1-15-4-2-6-18(23-15)12-26-14-20-8-3-5-17(20)11-24(13-20)19(25)16-7-9-21-22-10-16/h2,4,6-7,9-10,17H,3,5,8,11-14H2,1H3/t17-,20+/m0/s1. The van der Waals surface area contributed by atoms with Gasteiger partial charge in [0, 0.05) is 24.2 Å². The third-order valence-corrected chi connectivity index (χ3v) is 5.74. The van der Waals surface area contributed by atoms with E-state index < -0.39 is 0 Å². The molecule has 0 spiro atoms. The van der Waals surface area contributed by atoms with E-state index in [0.717, 1.165) is 30.9 Å². The van der Waals surface area contributed by atoms with E-state index in [-0.39, 0.29) is 11.3 Å². The zero-order valence-corrected chi connectivity index (χ0v) is 15.1. The molecule has 1 saturated carbocycles. The number of aromatic nitrogens is 3. The first-order valence-corrected chi connectivity index (χ1v) is 9.23. The van der Waals surface area contributed by atoms with Crippen LogP contribution in [0.25, 0.3) is 0 Å². The van der Waals surface area contributed by atoms with E-state index in [1.54, 1.807) is 18.5 Å². The fourth-order valence-electron chi connectivity index (χ4n) is 4.44. The van der Waals surface area contributed by atoms with Gasteiger partial charge in [0.15, 0.2) is 0 Å². The van der Waals surface area contributed by atoms with Crippen molar-refractivity contribution in [2.75, 3.05) is 19.7 Å². The predicted octanol–water partition coefficient (Wildman–Crippen LogP) is 2.64. The molecule has 0 bridgehead atoms. The topological polar surface area (TPSA) is 68.2 Å². The Bertz CT molecular complexity index is 782. The van der Waals surface area contributed by atoms with E-state index in [1.165, 1.54) is 12.8 Å².